The molecule has 0 heterocycles. The summed E-state index contributed by atoms with van der Waals surface area (Å²) in [7, 11) is 0. The molecule has 0 aliphatic heterocycles. The molecule has 0 aliphatic rings. The minimum atomic E-state index is -0.392. The van der Waals surface area contributed by atoms with Crippen molar-refractivity contribution < 1.29 is 8.78 Å². The molecule has 1 rings (SSSR count). The SMILES string of the molecule is Cc1cc(F)c(NC(C)CCC(C)(C)C)cc1F. The van der Waals surface area contributed by atoms with Crippen molar-refractivity contribution in [2.75, 3.05) is 5.32 Å². The van der Waals surface area contributed by atoms with Crippen LogP contribution < -0.4 is 5.32 Å². The van der Waals surface area contributed by atoms with Gasteiger partial charge in [0.15, 0.2) is 0 Å². The van der Waals surface area contributed by atoms with Gasteiger partial charge in [-0.2, -0.15) is 0 Å². The van der Waals surface area contributed by atoms with E-state index in [4.69, 9.17) is 0 Å². The summed E-state index contributed by atoms with van der Waals surface area (Å²) >= 11 is 0. The lowest BCUT2D eigenvalue weighted by atomic mass is 9.89. The van der Waals surface area contributed by atoms with Crippen molar-refractivity contribution >= 4 is 5.69 Å². The van der Waals surface area contributed by atoms with Crippen LogP contribution in [0.4, 0.5) is 14.5 Å². The van der Waals surface area contributed by atoms with Gasteiger partial charge in [-0.3, -0.25) is 0 Å². The van der Waals surface area contributed by atoms with Gasteiger partial charge in [0.1, 0.15) is 11.6 Å². The Morgan fingerprint density at radius 3 is 2.33 bits per heavy atom. The fraction of sp³-hybridized carbons (Fsp3) is 0.600. The zero-order chi connectivity index (χ0) is 13.9. The third kappa shape index (κ3) is 4.63. The number of anilines is 1. The van der Waals surface area contributed by atoms with Crippen LogP contribution in [0.15, 0.2) is 12.1 Å². The molecule has 0 bridgehead atoms. The molecule has 18 heavy (non-hydrogen) atoms. The average molecular weight is 255 g/mol. The van der Waals surface area contributed by atoms with Crippen molar-refractivity contribution in [2.24, 2.45) is 5.41 Å². The molecule has 0 saturated carbocycles. The van der Waals surface area contributed by atoms with Crippen molar-refractivity contribution in [1.29, 1.82) is 0 Å². The van der Waals surface area contributed by atoms with Gasteiger partial charge >= 0.3 is 0 Å². The summed E-state index contributed by atoms with van der Waals surface area (Å²) in [6.07, 6.45) is 1.97. The lowest BCUT2D eigenvalue weighted by molar-refractivity contribution is 0.356. The lowest BCUT2D eigenvalue weighted by Gasteiger charge is -2.22. The van der Waals surface area contributed by atoms with Crippen LogP contribution in [-0.4, -0.2) is 6.04 Å². The number of hydrogen-bond acceptors (Lipinski definition) is 1. The van der Waals surface area contributed by atoms with Gasteiger partial charge in [0.05, 0.1) is 5.69 Å². The van der Waals surface area contributed by atoms with Gasteiger partial charge in [-0.15, -0.1) is 0 Å². The first-order valence-electron chi connectivity index (χ1n) is 6.41. The Kier molecular flexibility index (Phi) is 4.71. The van der Waals surface area contributed by atoms with Crippen LogP contribution >= 0.6 is 0 Å². The zero-order valence-corrected chi connectivity index (χ0v) is 11.9. The summed E-state index contributed by atoms with van der Waals surface area (Å²) in [5.41, 5.74) is 0.840. The molecule has 0 amide bonds. The maximum Gasteiger partial charge on any atom is 0.146 e. The van der Waals surface area contributed by atoms with Gasteiger partial charge in [-0.1, -0.05) is 20.8 Å². The van der Waals surface area contributed by atoms with E-state index in [-0.39, 0.29) is 23.0 Å². The third-order valence-electron chi connectivity index (χ3n) is 2.98. The number of aryl methyl sites for hydroxylation is 1. The van der Waals surface area contributed by atoms with E-state index >= 15 is 0 Å². The molecule has 1 N–H and O–H groups in total. The highest BCUT2D eigenvalue weighted by Crippen LogP contribution is 2.24. The molecule has 1 aromatic rings. The van der Waals surface area contributed by atoms with E-state index in [0.717, 1.165) is 12.8 Å². The first-order chi connectivity index (χ1) is 8.19. The van der Waals surface area contributed by atoms with Gasteiger partial charge in [0, 0.05) is 12.1 Å². The van der Waals surface area contributed by atoms with E-state index in [9.17, 15) is 8.78 Å². The van der Waals surface area contributed by atoms with Crippen LogP contribution in [0.5, 0.6) is 0 Å². The van der Waals surface area contributed by atoms with Gasteiger partial charge in [-0.05, 0) is 43.7 Å². The molecular weight excluding hydrogens is 232 g/mol. The molecule has 0 fully saturated rings. The Hall–Kier alpha value is -1.12. The third-order valence-corrected chi connectivity index (χ3v) is 2.98. The largest absolute Gasteiger partial charge is 0.380 e. The van der Waals surface area contributed by atoms with E-state index in [1.807, 2.05) is 6.92 Å². The van der Waals surface area contributed by atoms with Gasteiger partial charge in [0.2, 0.25) is 0 Å². The highest BCUT2D eigenvalue weighted by atomic mass is 19.1. The van der Waals surface area contributed by atoms with Crippen molar-refractivity contribution in [3.8, 4) is 0 Å². The van der Waals surface area contributed by atoms with E-state index in [1.165, 1.54) is 12.1 Å². The molecule has 0 saturated heterocycles. The second-order valence-electron chi connectivity index (χ2n) is 6.23. The standard InChI is InChI=1S/C15H23F2N/c1-10-8-13(17)14(9-12(10)16)18-11(2)6-7-15(3,4)5/h8-9,11,18H,6-7H2,1-5H3. The normalized spacial score (nSPS) is 13.5. The molecule has 1 aromatic carbocycles. The highest BCUT2D eigenvalue weighted by molar-refractivity contribution is 5.47. The number of halogens is 2. The number of nitrogens with one attached hydrogen (secondary N) is 1. The van der Waals surface area contributed by atoms with Crippen LogP contribution in [0.3, 0.4) is 0 Å². The molecule has 3 heteroatoms. The monoisotopic (exact) mass is 255 g/mol. The van der Waals surface area contributed by atoms with E-state index in [0.29, 0.717) is 5.56 Å². The Balaban J connectivity index is 2.65. The van der Waals surface area contributed by atoms with E-state index in [1.54, 1.807) is 6.92 Å². The number of hydrogen-bond donors (Lipinski definition) is 1. The molecule has 102 valence electrons. The number of rotatable bonds is 4. The predicted molar refractivity (Wildman–Crippen MR) is 72.9 cm³/mol. The second kappa shape index (κ2) is 5.68. The summed E-state index contributed by atoms with van der Waals surface area (Å²) < 4.78 is 27.0. The Bertz CT molecular complexity index is 408. The maximum atomic E-state index is 13.6. The summed E-state index contributed by atoms with van der Waals surface area (Å²) in [5.74, 6) is -0.765. The second-order valence-corrected chi connectivity index (χ2v) is 6.23. The van der Waals surface area contributed by atoms with Gasteiger partial charge in [0.25, 0.3) is 0 Å². The predicted octanol–water partition coefficient (Wildman–Crippen LogP) is 4.90. The van der Waals surface area contributed by atoms with Gasteiger partial charge in [-0.25, -0.2) is 8.78 Å². The molecule has 0 aromatic heterocycles. The van der Waals surface area contributed by atoms with Crippen molar-refractivity contribution in [2.45, 2.75) is 53.5 Å². The quantitative estimate of drug-likeness (QED) is 0.807. The molecular formula is C15H23F2N. The summed E-state index contributed by atoms with van der Waals surface area (Å²) in [5, 5.41) is 3.04. The smallest absolute Gasteiger partial charge is 0.146 e. The maximum absolute atomic E-state index is 13.6. The first kappa shape index (κ1) is 14.9. The fourth-order valence-corrected chi connectivity index (χ4v) is 1.74. The van der Waals surface area contributed by atoms with Crippen LogP contribution in [-0.2, 0) is 0 Å². The van der Waals surface area contributed by atoms with E-state index < -0.39 is 5.82 Å². The summed E-state index contributed by atoms with van der Waals surface area (Å²) in [4.78, 5) is 0. The Morgan fingerprint density at radius 2 is 1.78 bits per heavy atom. The van der Waals surface area contributed by atoms with Crippen molar-refractivity contribution in [3.63, 3.8) is 0 Å². The highest BCUT2D eigenvalue weighted by Gasteiger charge is 2.14. The average Bonchev–Trinajstić information content (AvgIpc) is 2.22. The van der Waals surface area contributed by atoms with Crippen LogP contribution in [0, 0.1) is 24.0 Å². The van der Waals surface area contributed by atoms with Crippen LogP contribution in [0.1, 0.15) is 46.1 Å². The summed E-state index contributed by atoms with van der Waals surface area (Å²) in [6, 6.07) is 2.59. The molecule has 1 atom stereocenters. The first-order valence-corrected chi connectivity index (χ1v) is 6.41. The van der Waals surface area contributed by atoms with E-state index in [2.05, 4.69) is 26.1 Å². The molecule has 0 radical (unpaired) electrons. The topological polar surface area (TPSA) is 12.0 Å². The minimum absolute atomic E-state index is 0.126. The molecule has 1 unspecified atom stereocenters. The van der Waals surface area contributed by atoms with Gasteiger partial charge < -0.3 is 5.32 Å². The lowest BCUT2D eigenvalue weighted by Crippen LogP contribution is -2.19. The fourth-order valence-electron chi connectivity index (χ4n) is 1.74. The Morgan fingerprint density at radius 1 is 1.17 bits per heavy atom. The van der Waals surface area contributed by atoms with Crippen molar-refractivity contribution in [3.05, 3.63) is 29.3 Å². The molecule has 0 spiro atoms. The molecule has 1 nitrogen and oxygen atoms in total. The summed E-state index contributed by atoms with van der Waals surface area (Å²) in [6.45, 7) is 10.1. The number of benzene rings is 1. The van der Waals surface area contributed by atoms with Crippen LogP contribution in [0.2, 0.25) is 0 Å². The molecule has 0 aliphatic carbocycles. The van der Waals surface area contributed by atoms with Crippen LogP contribution in [0.25, 0.3) is 0 Å². The zero-order valence-electron chi connectivity index (χ0n) is 11.9. The Labute approximate surface area is 109 Å². The minimum Gasteiger partial charge on any atom is -0.380 e. The van der Waals surface area contributed by atoms with Crippen molar-refractivity contribution in [1.82, 2.24) is 0 Å².